The molecule has 8 nitrogen and oxygen atoms in total. The molecule has 3 aromatic heterocycles. The molecule has 0 aromatic carbocycles. The standard InChI is InChI=1S/C16H21N7O/c1-15(2,11-17-3)16(24,22-14-19-5-4-6-20-14)12-9-21-13-10-18-7-8-23(12)13/h4-10,17,24H,11H2,1-3H3,(H,19,20,22). The Bertz CT molecular complexity index is 817. The molecule has 1 unspecified atom stereocenters. The largest absolute Gasteiger partial charge is 0.365 e. The summed E-state index contributed by atoms with van der Waals surface area (Å²) >= 11 is 0. The Morgan fingerprint density at radius 2 is 1.88 bits per heavy atom. The monoisotopic (exact) mass is 327 g/mol. The molecule has 0 aliphatic rings. The Morgan fingerprint density at radius 3 is 2.58 bits per heavy atom. The fourth-order valence-corrected chi connectivity index (χ4v) is 2.79. The highest BCUT2D eigenvalue weighted by atomic mass is 16.3. The summed E-state index contributed by atoms with van der Waals surface area (Å²) in [6.07, 6.45) is 9.96. The minimum atomic E-state index is -1.46. The van der Waals surface area contributed by atoms with Gasteiger partial charge >= 0.3 is 0 Å². The molecule has 24 heavy (non-hydrogen) atoms. The zero-order valence-corrected chi connectivity index (χ0v) is 13.9. The van der Waals surface area contributed by atoms with Crippen molar-refractivity contribution in [2.24, 2.45) is 5.41 Å². The molecule has 126 valence electrons. The van der Waals surface area contributed by atoms with Crippen molar-refractivity contribution in [3.63, 3.8) is 0 Å². The third-order valence-electron chi connectivity index (χ3n) is 4.14. The van der Waals surface area contributed by atoms with Crippen LogP contribution in [0, 0.1) is 5.41 Å². The number of aromatic nitrogens is 5. The minimum Gasteiger partial charge on any atom is -0.365 e. The van der Waals surface area contributed by atoms with Gasteiger partial charge in [-0.25, -0.2) is 15.0 Å². The van der Waals surface area contributed by atoms with Gasteiger partial charge < -0.3 is 15.7 Å². The second-order valence-corrected chi connectivity index (χ2v) is 6.27. The van der Waals surface area contributed by atoms with Crippen molar-refractivity contribution < 1.29 is 5.11 Å². The quantitative estimate of drug-likeness (QED) is 0.581. The van der Waals surface area contributed by atoms with Gasteiger partial charge in [-0.2, -0.15) is 0 Å². The summed E-state index contributed by atoms with van der Waals surface area (Å²) in [6, 6.07) is 1.73. The molecule has 0 radical (unpaired) electrons. The highest BCUT2D eigenvalue weighted by Gasteiger charge is 2.47. The van der Waals surface area contributed by atoms with E-state index >= 15 is 0 Å². The third-order valence-corrected chi connectivity index (χ3v) is 4.14. The summed E-state index contributed by atoms with van der Waals surface area (Å²) in [5, 5.41) is 17.9. The second kappa shape index (κ2) is 6.14. The van der Waals surface area contributed by atoms with Gasteiger partial charge in [0.2, 0.25) is 5.95 Å². The van der Waals surface area contributed by atoms with Gasteiger partial charge in [-0.05, 0) is 13.1 Å². The number of fused-ring (bicyclic) bond motifs is 1. The van der Waals surface area contributed by atoms with Crippen LogP contribution in [0.5, 0.6) is 0 Å². The summed E-state index contributed by atoms with van der Waals surface area (Å²) in [5.74, 6) is 0.341. The van der Waals surface area contributed by atoms with Crippen LogP contribution < -0.4 is 10.6 Å². The molecule has 3 rings (SSSR count). The van der Waals surface area contributed by atoms with Gasteiger partial charge in [-0.15, -0.1) is 0 Å². The first-order valence-corrected chi connectivity index (χ1v) is 7.68. The lowest BCUT2D eigenvalue weighted by atomic mass is 9.78. The van der Waals surface area contributed by atoms with E-state index in [0.717, 1.165) is 0 Å². The Morgan fingerprint density at radius 1 is 1.12 bits per heavy atom. The maximum atomic E-state index is 11.7. The van der Waals surface area contributed by atoms with Crippen molar-refractivity contribution in [1.82, 2.24) is 29.7 Å². The van der Waals surface area contributed by atoms with Crippen molar-refractivity contribution in [2.45, 2.75) is 19.6 Å². The van der Waals surface area contributed by atoms with Gasteiger partial charge in [-0.1, -0.05) is 13.8 Å². The van der Waals surface area contributed by atoms with Crippen molar-refractivity contribution in [2.75, 3.05) is 18.9 Å². The van der Waals surface area contributed by atoms with Crippen LogP contribution in [-0.2, 0) is 5.72 Å². The average molecular weight is 327 g/mol. The summed E-state index contributed by atoms with van der Waals surface area (Å²) in [4.78, 5) is 16.8. The first kappa shape index (κ1) is 16.3. The Balaban J connectivity index is 2.14. The Hall–Kier alpha value is -2.58. The van der Waals surface area contributed by atoms with E-state index in [2.05, 4.69) is 30.6 Å². The fourth-order valence-electron chi connectivity index (χ4n) is 2.79. The number of imidazole rings is 1. The topological polar surface area (TPSA) is 100 Å². The average Bonchev–Trinajstić information content (AvgIpc) is 3.00. The van der Waals surface area contributed by atoms with E-state index in [-0.39, 0.29) is 0 Å². The molecular formula is C16H21N7O. The third kappa shape index (κ3) is 2.70. The zero-order valence-electron chi connectivity index (χ0n) is 13.9. The molecule has 3 N–H and O–H groups in total. The van der Waals surface area contributed by atoms with Crippen LogP contribution in [0.2, 0.25) is 0 Å². The van der Waals surface area contributed by atoms with Crippen LogP contribution in [0.3, 0.4) is 0 Å². The number of aliphatic hydroxyl groups is 1. The predicted molar refractivity (Wildman–Crippen MR) is 90.2 cm³/mol. The van der Waals surface area contributed by atoms with Crippen LogP contribution in [0.1, 0.15) is 19.5 Å². The number of hydrogen-bond donors (Lipinski definition) is 3. The molecule has 0 aliphatic carbocycles. The molecule has 3 aromatic rings. The fraction of sp³-hybridized carbons (Fsp3) is 0.375. The van der Waals surface area contributed by atoms with E-state index in [4.69, 9.17) is 0 Å². The first-order valence-electron chi connectivity index (χ1n) is 7.68. The molecule has 0 aliphatic heterocycles. The molecule has 3 heterocycles. The molecule has 1 atom stereocenters. The Kier molecular flexibility index (Phi) is 4.16. The van der Waals surface area contributed by atoms with Crippen LogP contribution in [-0.4, -0.2) is 43.0 Å². The normalized spacial score (nSPS) is 14.5. The lowest BCUT2D eigenvalue weighted by molar-refractivity contribution is -0.0513. The van der Waals surface area contributed by atoms with Gasteiger partial charge in [0.25, 0.3) is 0 Å². The van der Waals surface area contributed by atoms with Crippen molar-refractivity contribution in [1.29, 1.82) is 0 Å². The predicted octanol–water partition coefficient (Wildman–Crippen LogP) is 1.02. The maximum absolute atomic E-state index is 11.7. The summed E-state index contributed by atoms with van der Waals surface area (Å²) in [6.45, 7) is 4.47. The number of nitrogens with one attached hydrogen (secondary N) is 2. The smallest absolute Gasteiger partial charge is 0.225 e. The molecule has 0 saturated heterocycles. The maximum Gasteiger partial charge on any atom is 0.225 e. The van der Waals surface area contributed by atoms with Crippen LogP contribution in [0.15, 0.2) is 43.2 Å². The summed E-state index contributed by atoms with van der Waals surface area (Å²) in [5.41, 5.74) is -0.812. The van der Waals surface area contributed by atoms with Crippen molar-refractivity contribution in [3.8, 4) is 0 Å². The number of rotatable bonds is 6. The summed E-state index contributed by atoms with van der Waals surface area (Å²) < 4.78 is 1.81. The van der Waals surface area contributed by atoms with Gasteiger partial charge in [0.1, 0.15) is 0 Å². The SMILES string of the molecule is CNCC(C)(C)C(O)(Nc1ncccn1)c1cnc2cnccn12. The van der Waals surface area contributed by atoms with E-state index < -0.39 is 11.1 Å². The van der Waals surface area contributed by atoms with Gasteiger partial charge in [-0.3, -0.25) is 9.38 Å². The lowest BCUT2D eigenvalue weighted by Crippen LogP contribution is -2.53. The lowest BCUT2D eigenvalue weighted by Gasteiger charge is -2.42. The number of anilines is 1. The van der Waals surface area contributed by atoms with E-state index in [0.29, 0.717) is 23.8 Å². The summed E-state index contributed by atoms with van der Waals surface area (Å²) in [7, 11) is 1.85. The molecule has 0 bridgehead atoms. The first-order chi connectivity index (χ1) is 11.5. The van der Waals surface area contributed by atoms with E-state index in [1.165, 1.54) is 0 Å². The van der Waals surface area contributed by atoms with E-state index in [9.17, 15) is 5.11 Å². The molecule has 0 spiro atoms. The highest BCUT2D eigenvalue weighted by Crippen LogP contribution is 2.39. The zero-order chi connectivity index (χ0) is 17.2. The van der Waals surface area contributed by atoms with Crippen molar-refractivity contribution >= 4 is 11.6 Å². The molecule has 0 saturated carbocycles. The molecule has 0 amide bonds. The van der Waals surface area contributed by atoms with Gasteiger partial charge in [0, 0.05) is 36.7 Å². The highest BCUT2D eigenvalue weighted by molar-refractivity contribution is 5.42. The van der Waals surface area contributed by atoms with Gasteiger partial charge in [0.05, 0.1) is 18.1 Å². The van der Waals surface area contributed by atoms with E-state index in [1.54, 1.807) is 47.6 Å². The van der Waals surface area contributed by atoms with Crippen molar-refractivity contribution in [3.05, 3.63) is 48.9 Å². The minimum absolute atomic E-state index is 0.341. The van der Waals surface area contributed by atoms with Crippen LogP contribution in [0.25, 0.3) is 5.65 Å². The molecular weight excluding hydrogens is 306 g/mol. The number of hydrogen-bond acceptors (Lipinski definition) is 7. The Labute approximate surface area is 140 Å². The molecule has 0 fully saturated rings. The molecule has 8 heteroatoms. The number of nitrogens with zero attached hydrogens (tertiary/aromatic N) is 5. The van der Waals surface area contributed by atoms with Crippen LogP contribution in [0.4, 0.5) is 5.95 Å². The van der Waals surface area contributed by atoms with E-state index in [1.807, 2.05) is 20.9 Å². The van der Waals surface area contributed by atoms with Gasteiger partial charge in [0.15, 0.2) is 11.4 Å². The second-order valence-electron chi connectivity index (χ2n) is 6.27. The van der Waals surface area contributed by atoms with Crippen LogP contribution >= 0.6 is 0 Å².